The Morgan fingerprint density at radius 2 is 1.57 bits per heavy atom. The van der Waals surface area contributed by atoms with Gasteiger partial charge in [-0.25, -0.2) is 9.59 Å². The molecule has 4 aromatic rings. The van der Waals surface area contributed by atoms with E-state index in [4.69, 9.17) is 9.47 Å². The van der Waals surface area contributed by atoms with Gasteiger partial charge in [0.2, 0.25) is 0 Å². The van der Waals surface area contributed by atoms with Crippen LogP contribution in [0.2, 0.25) is 0 Å². The number of alkyl carbamates (subject to hydrolysis) is 1. The molecule has 0 fully saturated rings. The summed E-state index contributed by atoms with van der Waals surface area (Å²) in [7, 11) is 0. The molecule has 1 atom stereocenters. The van der Waals surface area contributed by atoms with Crippen LogP contribution in [-0.2, 0) is 34.1 Å². The summed E-state index contributed by atoms with van der Waals surface area (Å²) in [6.45, 7) is -0.365. The van der Waals surface area contributed by atoms with E-state index in [1.54, 1.807) is 30.5 Å². The SMILES string of the molecule is O=C(N[C@H](CNC(=O)c1cc2nccc(CO)c2s1)C(=O)OCc1ccccc1)OCc1ccccc1. The number of rotatable bonds is 10. The Hall–Kier alpha value is -4.28. The molecule has 2 heterocycles. The topological polar surface area (TPSA) is 127 Å². The summed E-state index contributed by atoms with van der Waals surface area (Å²) in [5.41, 5.74) is 2.82. The van der Waals surface area contributed by atoms with Crippen molar-refractivity contribution in [2.24, 2.45) is 0 Å². The molecule has 0 saturated carbocycles. The van der Waals surface area contributed by atoms with Crippen LogP contribution < -0.4 is 10.6 Å². The van der Waals surface area contributed by atoms with Gasteiger partial charge in [-0.1, -0.05) is 60.7 Å². The van der Waals surface area contributed by atoms with Gasteiger partial charge in [-0.2, -0.15) is 0 Å². The number of fused-ring (bicyclic) bond motifs is 1. The van der Waals surface area contributed by atoms with Crippen molar-refractivity contribution < 1.29 is 29.0 Å². The molecule has 3 N–H and O–H groups in total. The van der Waals surface area contributed by atoms with Crippen LogP contribution in [-0.4, -0.2) is 40.6 Å². The number of nitrogens with zero attached hydrogens (tertiary/aromatic N) is 1. The Balaban J connectivity index is 1.40. The summed E-state index contributed by atoms with van der Waals surface area (Å²) in [5.74, 6) is -1.17. The summed E-state index contributed by atoms with van der Waals surface area (Å²) >= 11 is 1.18. The lowest BCUT2D eigenvalue weighted by Crippen LogP contribution is -2.49. The standard InChI is InChI=1S/C27H25N3O6S/c31-15-20-11-12-28-21-13-23(37-24(20)21)25(32)29-14-22(26(33)35-16-18-7-3-1-4-8-18)30-27(34)36-17-19-9-5-2-6-10-19/h1-13,22,31H,14-17H2,(H,29,32)(H,30,34)/t22-/m1/s1. The van der Waals surface area contributed by atoms with Crippen LogP contribution in [0.1, 0.15) is 26.4 Å². The second-order valence-corrected chi connectivity index (χ2v) is 9.07. The predicted octanol–water partition coefficient (Wildman–Crippen LogP) is 3.56. The number of hydrogen-bond donors (Lipinski definition) is 3. The van der Waals surface area contributed by atoms with Gasteiger partial charge in [0.15, 0.2) is 0 Å². The van der Waals surface area contributed by atoms with Crippen LogP contribution in [0.5, 0.6) is 0 Å². The first kappa shape index (κ1) is 25.8. The van der Waals surface area contributed by atoms with E-state index in [9.17, 15) is 19.5 Å². The first-order chi connectivity index (χ1) is 18.0. The molecule has 0 bridgehead atoms. The molecule has 0 aliphatic heterocycles. The van der Waals surface area contributed by atoms with Crippen molar-refractivity contribution in [2.45, 2.75) is 25.9 Å². The predicted molar refractivity (Wildman–Crippen MR) is 138 cm³/mol. The zero-order valence-corrected chi connectivity index (χ0v) is 20.6. The van der Waals surface area contributed by atoms with Crippen LogP contribution in [0.25, 0.3) is 10.2 Å². The second kappa shape index (κ2) is 12.6. The molecule has 2 amide bonds. The summed E-state index contributed by atoms with van der Waals surface area (Å²) in [6, 6.07) is 20.3. The number of aliphatic hydroxyl groups excluding tert-OH is 1. The molecule has 2 aromatic heterocycles. The normalized spacial score (nSPS) is 11.5. The number of amides is 2. The molecule has 10 heteroatoms. The average molecular weight is 520 g/mol. The second-order valence-electron chi connectivity index (χ2n) is 8.02. The zero-order chi connectivity index (χ0) is 26.0. The highest BCUT2D eigenvalue weighted by Crippen LogP contribution is 2.27. The Kier molecular flexibility index (Phi) is 8.79. The molecule has 0 saturated heterocycles. The van der Waals surface area contributed by atoms with E-state index in [1.807, 2.05) is 48.5 Å². The molecule has 0 aliphatic rings. The maximum atomic E-state index is 12.8. The highest BCUT2D eigenvalue weighted by Gasteiger charge is 2.25. The Morgan fingerprint density at radius 1 is 0.919 bits per heavy atom. The molecular formula is C27H25N3O6S. The summed E-state index contributed by atoms with van der Waals surface area (Å²) < 4.78 is 11.3. The van der Waals surface area contributed by atoms with Crippen molar-refractivity contribution in [1.82, 2.24) is 15.6 Å². The molecule has 0 aliphatic carbocycles. The molecule has 9 nitrogen and oxygen atoms in total. The molecule has 190 valence electrons. The van der Waals surface area contributed by atoms with Gasteiger partial charge in [0.05, 0.1) is 21.7 Å². The lowest BCUT2D eigenvalue weighted by atomic mass is 10.2. The number of benzene rings is 2. The van der Waals surface area contributed by atoms with Crippen molar-refractivity contribution in [3.05, 3.63) is 101 Å². The lowest BCUT2D eigenvalue weighted by Gasteiger charge is -2.18. The minimum atomic E-state index is -1.18. The average Bonchev–Trinajstić information content (AvgIpc) is 3.38. The first-order valence-electron chi connectivity index (χ1n) is 11.5. The number of carbonyl (C=O) groups is 3. The van der Waals surface area contributed by atoms with Gasteiger partial charge in [-0.3, -0.25) is 9.78 Å². The van der Waals surface area contributed by atoms with Gasteiger partial charge >= 0.3 is 12.1 Å². The number of aromatic nitrogens is 1. The van der Waals surface area contributed by atoms with E-state index in [2.05, 4.69) is 15.6 Å². The third kappa shape index (κ3) is 7.12. The molecule has 0 spiro atoms. The van der Waals surface area contributed by atoms with Crippen molar-refractivity contribution in [3.63, 3.8) is 0 Å². The van der Waals surface area contributed by atoms with E-state index >= 15 is 0 Å². The largest absolute Gasteiger partial charge is 0.459 e. The van der Waals surface area contributed by atoms with E-state index in [1.165, 1.54) is 11.3 Å². The van der Waals surface area contributed by atoms with E-state index in [0.717, 1.165) is 11.1 Å². The molecule has 37 heavy (non-hydrogen) atoms. The fourth-order valence-electron chi connectivity index (χ4n) is 3.44. The summed E-state index contributed by atoms with van der Waals surface area (Å²) in [6.07, 6.45) is 0.741. The van der Waals surface area contributed by atoms with E-state index in [0.29, 0.717) is 20.7 Å². The van der Waals surface area contributed by atoms with Gasteiger partial charge in [0.1, 0.15) is 19.3 Å². The Labute approximate surface area is 217 Å². The Morgan fingerprint density at radius 3 is 2.22 bits per heavy atom. The number of thiophene rings is 1. The van der Waals surface area contributed by atoms with E-state index in [-0.39, 0.29) is 26.4 Å². The highest BCUT2D eigenvalue weighted by atomic mass is 32.1. The van der Waals surface area contributed by atoms with Crippen molar-refractivity contribution in [3.8, 4) is 0 Å². The number of hydrogen-bond acceptors (Lipinski definition) is 8. The first-order valence-corrected chi connectivity index (χ1v) is 12.3. The smallest absolute Gasteiger partial charge is 0.408 e. The van der Waals surface area contributed by atoms with Crippen LogP contribution in [0.3, 0.4) is 0 Å². The molecule has 4 rings (SSSR count). The minimum absolute atomic E-state index is 0.0107. The number of esters is 1. The molecular weight excluding hydrogens is 494 g/mol. The monoisotopic (exact) mass is 519 g/mol. The number of pyridine rings is 1. The minimum Gasteiger partial charge on any atom is -0.459 e. The number of aliphatic hydroxyl groups is 1. The van der Waals surface area contributed by atoms with Gasteiger partial charge in [-0.15, -0.1) is 11.3 Å². The molecule has 0 radical (unpaired) electrons. The van der Waals surface area contributed by atoms with Crippen LogP contribution in [0, 0.1) is 0 Å². The van der Waals surface area contributed by atoms with Gasteiger partial charge in [0.25, 0.3) is 5.91 Å². The van der Waals surface area contributed by atoms with Crippen molar-refractivity contribution >= 4 is 39.5 Å². The van der Waals surface area contributed by atoms with Crippen LogP contribution >= 0.6 is 11.3 Å². The van der Waals surface area contributed by atoms with Crippen LogP contribution in [0.15, 0.2) is 79.0 Å². The van der Waals surface area contributed by atoms with Crippen molar-refractivity contribution in [1.29, 1.82) is 0 Å². The summed E-state index contributed by atoms with van der Waals surface area (Å²) in [5, 5.41) is 14.7. The van der Waals surface area contributed by atoms with Crippen molar-refractivity contribution in [2.75, 3.05) is 6.54 Å². The van der Waals surface area contributed by atoms with Gasteiger partial charge in [-0.05, 0) is 28.8 Å². The van der Waals surface area contributed by atoms with Gasteiger partial charge < -0.3 is 25.2 Å². The zero-order valence-electron chi connectivity index (χ0n) is 19.8. The number of nitrogens with one attached hydrogen (secondary N) is 2. The third-order valence-electron chi connectivity index (χ3n) is 5.37. The van der Waals surface area contributed by atoms with Gasteiger partial charge in [0, 0.05) is 12.7 Å². The molecule has 2 aromatic carbocycles. The molecule has 0 unspecified atom stereocenters. The third-order valence-corrected chi connectivity index (χ3v) is 6.57. The van der Waals surface area contributed by atoms with Crippen LogP contribution in [0.4, 0.5) is 4.79 Å². The maximum absolute atomic E-state index is 12.8. The summed E-state index contributed by atoms with van der Waals surface area (Å²) in [4.78, 5) is 42.7. The number of carbonyl (C=O) groups excluding carboxylic acids is 3. The quantitative estimate of drug-likeness (QED) is 0.274. The Bertz CT molecular complexity index is 1360. The fraction of sp³-hybridized carbons (Fsp3) is 0.185. The number of ether oxygens (including phenoxy) is 2. The fourth-order valence-corrected chi connectivity index (χ4v) is 4.47. The lowest BCUT2D eigenvalue weighted by molar-refractivity contribution is -0.147. The van der Waals surface area contributed by atoms with E-state index < -0.39 is 24.0 Å². The highest BCUT2D eigenvalue weighted by molar-refractivity contribution is 7.21. The maximum Gasteiger partial charge on any atom is 0.408 e.